The van der Waals surface area contributed by atoms with Gasteiger partial charge in [-0.25, -0.2) is 4.79 Å². The van der Waals surface area contributed by atoms with Crippen molar-refractivity contribution in [2.45, 2.75) is 241 Å². The zero-order valence-corrected chi connectivity index (χ0v) is 46.2. The molecule has 3 saturated carbocycles. The number of carbonyl (C=O) groups excluding carboxylic acids is 1. The van der Waals surface area contributed by atoms with E-state index in [1.807, 2.05) is 51.1 Å². The highest BCUT2D eigenvalue weighted by molar-refractivity contribution is 5.87. The molecular formula is C58H88O17. The Hall–Kier alpha value is -2.43. The molecule has 1 aromatic rings. The Bertz CT molecular complexity index is 2110. The van der Waals surface area contributed by atoms with E-state index in [9.17, 15) is 20.1 Å². The molecule has 0 bridgehead atoms. The fraction of sp³-hybridized carbons (Fsp3) is 0.810. The van der Waals surface area contributed by atoms with Crippen LogP contribution < -0.4 is 0 Å². The molecule has 17 nitrogen and oxygen atoms in total. The van der Waals surface area contributed by atoms with Crippen LogP contribution in [0.3, 0.4) is 0 Å². The Kier molecular flexibility index (Phi) is 18.1. The highest BCUT2D eigenvalue weighted by Crippen LogP contribution is 2.69. The van der Waals surface area contributed by atoms with E-state index in [0.29, 0.717) is 51.4 Å². The quantitative estimate of drug-likeness (QED) is 0.0887. The van der Waals surface area contributed by atoms with E-state index in [1.54, 1.807) is 48.4 Å². The van der Waals surface area contributed by atoms with Gasteiger partial charge in [-0.3, -0.25) is 0 Å². The average Bonchev–Trinajstić information content (AvgIpc) is 3.70. The third-order valence-corrected chi connectivity index (χ3v) is 19.4. The van der Waals surface area contributed by atoms with Gasteiger partial charge in [-0.05, 0) is 114 Å². The fourth-order valence-electron chi connectivity index (χ4n) is 15.2. The minimum atomic E-state index is -1.12. The summed E-state index contributed by atoms with van der Waals surface area (Å²) >= 11 is 0. The van der Waals surface area contributed by atoms with Crippen LogP contribution in [0.5, 0.6) is 0 Å². The molecule has 4 heterocycles. The molecule has 4 saturated heterocycles. The third-order valence-electron chi connectivity index (χ3n) is 19.4. The molecule has 0 radical (unpaired) electrons. The molecule has 0 spiro atoms. The molecule has 17 heteroatoms. The summed E-state index contributed by atoms with van der Waals surface area (Å²) in [5, 5.41) is 34.6. The molecule has 8 aliphatic rings. The van der Waals surface area contributed by atoms with Gasteiger partial charge in [0.1, 0.15) is 30.5 Å². The number of esters is 1. The largest absolute Gasteiger partial charge is 0.458 e. The Morgan fingerprint density at radius 1 is 0.680 bits per heavy atom. The van der Waals surface area contributed by atoms with Gasteiger partial charge >= 0.3 is 5.97 Å². The van der Waals surface area contributed by atoms with Crippen molar-refractivity contribution in [1.29, 1.82) is 0 Å². The first-order valence-corrected chi connectivity index (χ1v) is 27.9. The van der Waals surface area contributed by atoms with Crippen molar-refractivity contribution in [2.24, 2.45) is 28.6 Å². The summed E-state index contributed by atoms with van der Waals surface area (Å²) < 4.78 is 82.1. The Morgan fingerprint density at radius 2 is 1.19 bits per heavy atom. The summed E-state index contributed by atoms with van der Waals surface area (Å²) in [6.07, 6.45) is 3.29. The second-order valence-corrected chi connectivity index (χ2v) is 23.5. The van der Waals surface area contributed by atoms with E-state index in [1.165, 1.54) is 11.6 Å². The van der Waals surface area contributed by atoms with E-state index in [0.717, 1.165) is 24.8 Å². The van der Waals surface area contributed by atoms with Crippen molar-refractivity contribution in [3.05, 3.63) is 53.6 Å². The maximum atomic E-state index is 13.6. The van der Waals surface area contributed by atoms with E-state index in [4.69, 9.17) is 61.6 Å². The predicted octanol–water partition coefficient (Wildman–Crippen LogP) is 6.80. The van der Waals surface area contributed by atoms with Crippen LogP contribution in [0.2, 0.25) is 0 Å². The first-order chi connectivity index (χ1) is 35.8. The highest BCUT2D eigenvalue weighted by atomic mass is 16.8. The topological polar surface area (TPSA) is 198 Å². The Labute approximate surface area is 444 Å². The van der Waals surface area contributed by atoms with Gasteiger partial charge in [0.15, 0.2) is 25.2 Å². The monoisotopic (exact) mass is 1060 g/mol. The van der Waals surface area contributed by atoms with Gasteiger partial charge in [0.25, 0.3) is 0 Å². The summed E-state index contributed by atoms with van der Waals surface area (Å²) in [6, 6.07) is 9.67. The van der Waals surface area contributed by atoms with Crippen LogP contribution in [0.1, 0.15) is 125 Å². The first kappa shape index (κ1) is 57.3. The molecule has 0 aromatic heterocycles. The second kappa shape index (κ2) is 23.7. The molecule has 4 aliphatic heterocycles. The van der Waals surface area contributed by atoms with Crippen LogP contribution in [0.4, 0.5) is 0 Å². The van der Waals surface area contributed by atoms with Gasteiger partial charge in [-0.1, -0.05) is 55.8 Å². The molecule has 7 fully saturated rings. The Morgan fingerprint density at radius 3 is 1.71 bits per heavy atom. The molecule has 25 atom stereocenters. The van der Waals surface area contributed by atoms with Crippen molar-refractivity contribution < 1.29 is 81.7 Å². The van der Waals surface area contributed by atoms with Crippen LogP contribution in [-0.4, -0.2) is 172 Å². The highest BCUT2D eigenvalue weighted by Gasteiger charge is 2.71. The van der Waals surface area contributed by atoms with E-state index >= 15 is 0 Å². The second-order valence-electron chi connectivity index (χ2n) is 23.5. The predicted molar refractivity (Wildman–Crippen MR) is 274 cm³/mol. The summed E-state index contributed by atoms with van der Waals surface area (Å²) in [7, 11) is 6.57. The molecule has 3 N–H and O–H groups in total. The fourth-order valence-corrected chi connectivity index (χ4v) is 15.2. The standard InChI is InChI=1S/C58H88O17/c1-31(59)39-22-24-58(62)40-19-18-37-25-38(21-23-56(37,6)41(40)26-46(57(39,58)7)72-47(60)20-17-36-15-13-12-14-16-36)71-48-28-43(64-9)53(33(3)68-48)74-50-30-45(66-11)55(35(5)70-50)75-51-29-44(65-10)54(34(4)69-51)73-49-27-42(63-8)52(61)32(2)67-49/h12-18,20,31-35,38-46,48-55,59,61-62H,19,21-30H2,1-11H3/b20-17+/t31-,32+,33+,34+,35+,38-,39-,40+,41-,42+,43-,44+,45-,46+,48-,49-,50-,51-,52+,53+,54+,55+,56-,57-,58-/m0/s1. The molecule has 1 aromatic carbocycles. The van der Waals surface area contributed by atoms with Crippen molar-refractivity contribution in [3.8, 4) is 0 Å². The van der Waals surface area contributed by atoms with Gasteiger partial charge in [0, 0.05) is 65.6 Å². The molecule has 0 amide bonds. The maximum absolute atomic E-state index is 13.6. The van der Waals surface area contributed by atoms with Crippen LogP contribution >= 0.6 is 0 Å². The van der Waals surface area contributed by atoms with E-state index in [-0.39, 0.29) is 53.7 Å². The van der Waals surface area contributed by atoms with E-state index < -0.39 is 103 Å². The van der Waals surface area contributed by atoms with Crippen LogP contribution in [0.25, 0.3) is 6.08 Å². The van der Waals surface area contributed by atoms with Gasteiger partial charge in [-0.2, -0.15) is 0 Å². The normalized spacial score (nSPS) is 47.5. The minimum Gasteiger partial charge on any atom is -0.458 e. The zero-order chi connectivity index (χ0) is 53.6. The zero-order valence-electron chi connectivity index (χ0n) is 46.2. The maximum Gasteiger partial charge on any atom is 0.331 e. The lowest BCUT2D eigenvalue weighted by Crippen LogP contribution is -2.67. The summed E-state index contributed by atoms with van der Waals surface area (Å²) in [5.74, 6) is -0.615. The molecule has 75 heavy (non-hydrogen) atoms. The van der Waals surface area contributed by atoms with Gasteiger partial charge in [-0.15, -0.1) is 0 Å². The van der Waals surface area contributed by atoms with Gasteiger partial charge in [0.2, 0.25) is 0 Å². The molecule has 9 rings (SSSR count). The SMILES string of the molecule is CO[C@H]1C[C@H](O[C@H]2CC[C@@]3(C)C(=CC[C@@H]4[C@@H]3C[C@@H](OC(=O)/C=C/c3ccccc3)[C@]3(C)[C@H]([C@H](C)O)CC[C@]43O)C2)O[C@H](C)[C@H]1O[C@H]1C[C@H](OC)[C@H](O[C@H]2C[C@@H](OC)[C@H](O[C@H]3C[C@@H](OC)[C@H](O)[C@@H](C)O3)[C@@H](C)O2)[C@@H](C)O1. The van der Waals surface area contributed by atoms with Crippen molar-refractivity contribution in [2.75, 3.05) is 28.4 Å². The number of methoxy groups -OCH3 is 4. The lowest BCUT2D eigenvalue weighted by Gasteiger charge is -2.63. The Balaban J connectivity index is 0.791. The molecule has 0 unspecified atom stereocenters. The number of hydrogen-bond acceptors (Lipinski definition) is 17. The number of hydrogen-bond donors (Lipinski definition) is 3. The number of allylic oxidation sites excluding steroid dienone is 1. The minimum absolute atomic E-state index is 0.0370. The van der Waals surface area contributed by atoms with Crippen molar-refractivity contribution >= 4 is 12.0 Å². The number of fused-ring (bicyclic) bond motifs is 5. The van der Waals surface area contributed by atoms with Gasteiger partial charge < -0.3 is 76.9 Å². The molecule has 422 valence electrons. The van der Waals surface area contributed by atoms with Crippen LogP contribution in [0, 0.1) is 28.6 Å². The molecule has 4 aliphatic carbocycles. The van der Waals surface area contributed by atoms with Crippen molar-refractivity contribution in [3.63, 3.8) is 0 Å². The van der Waals surface area contributed by atoms with Gasteiger partial charge in [0.05, 0.1) is 66.6 Å². The average molecular weight is 1060 g/mol. The summed E-state index contributed by atoms with van der Waals surface area (Å²) in [4.78, 5) is 13.6. The number of benzene rings is 1. The number of ether oxygens (including phenoxy) is 13. The van der Waals surface area contributed by atoms with Crippen molar-refractivity contribution in [1.82, 2.24) is 0 Å². The number of aliphatic hydroxyl groups is 3. The number of carbonyl (C=O) groups is 1. The summed E-state index contributed by atoms with van der Waals surface area (Å²) in [5.41, 5.74) is 0.0578. The van der Waals surface area contributed by atoms with E-state index in [2.05, 4.69) is 19.9 Å². The van der Waals surface area contributed by atoms with Crippen LogP contribution in [-0.2, 0) is 66.4 Å². The lowest BCUT2D eigenvalue weighted by atomic mass is 9.44. The first-order valence-electron chi connectivity index (χ1n) is 27.9. The third kappa shape index (κ3) is 11.4. The lowest BCUT2D eigenvalue weighted by molar-refractivity contribution is -0.347. The smallest absolute Gasteiger partial charge is 0.331 e. The summed E-state index contributed by atoms with van der Waals surface area (Å²) in [6.45, 7) is 13.8. The number of aliphatic hydroxyl groups excluding tert-OH is 2. The molecular weight excluding hydrogens is 969 g/mol. The van der Waals surface area contributed by atoms with Crippen LogP contribution in [0.15, 0.2) is 48.1 Å². The number of rotatable bonds is 16.